The molecule has 5 nitrogen and oxygen atoms in total. The van der Waals surface area contributed by atoms with Crippen LogP contribution in [0.25, 0.3) is 5.76 Å². The fourth-order valence-electron chi connectivity index (χ4n) is 0.938. The molecular formula is C9H13N3O2. The van der Waals surface area contributed by atoms with Gasteiger partial charge < -0.3 is 15.2 Å². The summed E-state index contributed by atoms with van der Waals surface area (Å²) in [5.74, 6) is 0.994. The van der Waals surface area contributed by atoms with Gasteiger partial charge in [0.2, 0.25) is 11.8 Å². The minimum Gasteiger partial charge on any atom is -0.492 e. The van der Waals surface area contributed by atoms with E-state index in [-0.39, 0.29) is 5.95 Å². The van der Waals surface area contributed by atoms with E-state index in [4.69, 9.17) is 15.2 Å². The summed E-state index contributed by atoms with van der Waals surface area (Å²) >= 11 is 0. The molecule has 1 heterocycles. The molecule has 0 aliphatic rings. The SMILES string of the molecule is C=C(OCC)c1cc(OC)nc(N)n1. The number of aromatic nitrogens is 2. The summed E-state index contributed by atoms with van der Waals surface area (Å²) in [4.78, 5) is 7.81. The molecule has 0 atom stereocenters. The van der Waals surface area contributed by atoms with Gasteiger partial charge in [0.25, 0.3) is 0 Å². The molecule has 0 saturated heterocycles. The molecule has 0 bridgehead atoms. The molecule has 5 heteroatoms. The topological polar surface area (TPSA) is 70.3 Å². The van der Waals surface area contributed by atoms with Crippen LogP contribution in [-0.2, 0) is 4.74 Å². The van der Waals surface area contributed by atoms with Gasteiger partial charge in [-0.25, -0.2) is 4.98 Å². The molecule has 0 fully saturated rings. The second-order valence-corrected chi connectivity index (χ2v) is 2.51. The van der Waals surface area contributed by atoms with Crippen molar-refractivity contribution in [2.24, 2.45) is 0 Å². The van der Waals surface area contributed by atoms with Crippen molar-refractivity contribution in [1.82, 2.24) is 9.97 Å². The van der Waals surface area contributed by atoms with Crippen LogP contribution in [0, 0.1) is 0 Å². The molecule has 1 rings (SSSR count). The second kappa shape index (κ2) is 4.45. The Morgan fingerprint density at radius 2 is 2.29 bits per heavy atom. The molecule has 0 saturated carbocycles. The van der Waals surface area contributed by atoms with E-state index < -0.39 is 0 Å². The summed E-state index contributed by atoms with van der Waals surface area (Å²) in [7, 11) is 1.51. The lowest BCUT2D eigenvalue weighted by Gasteiger charge is -2.07. The number of nitrogen functional groups attached to an aromatic ring is 1. The van der Waals surface area contributed by atoms with Crippen molar-refractivity contribution in [3.8, 4) is 5.88 Å². The maximum atomic E-state index is 5.47. The summed E-state index contributed by atoms with van der Waals surface area (Å²) in [6.07, 6.45) is 0. The molecule has 0 amide bonds. The Morgan fingerprint density at radius 1 is 1.57 bits per heavy atom. The zero-order valence-corrected chi connectivity index (χ0v) is 8.28. The van der Waals surface area contributed by atoms with Crippen LogP contribution in [0.2, 0.25) is 0 Å². The van der Waals surface area contributed by atoms with Crippen LogP contribution in [0.15, 0.2) is 12.6 Å². The van der Waals surface area contributed by atoms with Crippen LogP contribution in [0.5, 0.6) is 5.88 Å². The molecule has 1 aromatic heterocycles. The lowest BCUT2D eigenvalue weighted by Crippen LogP contribution is -2.02. The smallest absolute Gasteiger partial charge is 0.223 e. The molecule has 14 heavy (non-hydrogen) atoms. The quantitative estimate of drug-likeness (QED) is 0.728. The number of hydrogen-bond acceptors (Lipinski definition) is 5. The van der Waals surface area contributed by atoms with Crippen molar-refractivity contribution in [2.75, 3.05) is 19.5 Å². The number of nitrogens with two attached hydrogens (primary N) is 1. The standard InChI is InChI=1S/C9H13N3O2/c1-4-14-6(2)7-5-8(13-3)12-9(10)11-7/h5H,2,4H2,1,3H3,(H2,10,11,12). The second-order valence-electron chi connectivity index (χ2n) is 2.51. The average Bonchev–Trinajstić information content (AvgIpc) is 2.17. The minimum atomic E-state index is 0.139. The van der Waals surface area contributed by atoms with Gasteiger partial charge in [-0.3, -0.25) is 0 Å². The van der Waals surface area contributed by atoms with Gasteiger partial charge >= 0.3 is 0 Å². The predicted molar refractivity (Wildman–Crippen MR) is 53.7 cm³/mol. The Morgan fingerprint density at radius 3 is 2.86 bits per heavy atom. The first-order chi connectivity index (χ1) is 6.67. The molecule has 0 unspecified atom stereocenters. The van der Waals surface area contributed by atoms with E-state index >= 15 is 0 Å². The van der Waals surface area contributed by atoms with Gasteiger partial charge in [-0.15, -0.1) is 0 Å². The molecule has 0 spiro atoms. The number of nitrogens with zero attached hydrogens (tertiary/aromatic N) is 2. The molecule has 76 valence electrons. The van der Waals surface area contributed by atoms with Gasteiger partial charge in [0.05, 0.1) is 13.7 Å². The Kier molecular flexibility index (Phi) is 3.28. The Hall–Kier alpha value is -1.78. The lowest BCUT2D eigenvalue weighted by molar-refractivity contribution is 0.297. The maximum Gasteiger partial charge on any atom is 0.223 e. The van der Waals surface area contributed by atoms with Gasteiger partial charge in [0.1, 0.15) is 11.5 Å². The molecule has 0 aliphatic carbocycles. The Bertz CT molecular complexity index is 339. The third-order valence-electron chi connectivity index (χ3n) is 1.53. The highest BCUT2D eigenvalue weighted by Gasteiger charge is 2.06. The summed E-state index contributed by atoms with van der Waals surface area (Å²) in [6, 6.07) is 1.62. The molecular weight excluding hydrogens is 182 g/mol. The third kappa shape index (κ3) is 2.35. The largest absolute Gasteiger partial charge is 0.492 e. The van der Waals surface area contributed by atoms with Crippen molar-refractivity contribution in [3.05, 3.63) is 18.3 Å². The zero-order valence-electron chi connectivity index (χ0n) is 8.28. The number of anilines is 1. The summed E-state index contributed by atoms with van der Waals surface area (Å²) in [5.41, 5.74) is 6.01. The van der Waals surface area contributed by atoms with E-state index in [9.17, 15) is 0 Å². The zero-order chi connectivity index (χ0) is 10.6. The lowest BCUT2D eigenvalue weighted by atomic mass is 10.3. The third-order valence-corrected chi connectivity index (χ3v) is 1.53. The van der Waals surface area contributed by atoms with E-state index in [0.717, 1.165) is 0 Å². The van der Waals surface area contributed by atoms with Crippen molar-refractivity contribution < 1.29 is 9.47 Å². The van der Waals surface area contributed by atoms with Crippen LogP contribution in [0.3, 0.4) is 0 Å². The average molecular weight is 195 g/mol. The van der Waals surface area contributed by atoms with Gasteiger partial charge in [-0.2, -0.15) is 4.98 Å². The van der Waals surface area contributed by atoms with E-state index in [1.54, 1.807) is 6.07 Å². The van der Waals surface area contributed by atoms with E-state index in [2.05, 4.69) is 16.5 Å². The molecule has 0 radical (unpaired) electrons. The summed E-state index contributed by atoms with van der Waals surface area (Å²) in [6.45, 7) is 6.11. The van der Waals surface area contributed by atoms with Gasteiger partial charge in [-0.05, 0) is 6.92 Å². The number of rotatable bonds is 4. The van der Waals surface area contributed by atoms with E-state index in [1.165, 1.54) is 7.11 Å². The van der Waals surface area contributed by atoms with Gasteiger partial charge in [0.15, 0.2) is 0 Å². The van der Waals surface area contributed by atoms with Gasteiger partial charge in [-0.1, -0.05) is 6.58 Å². The van der Waals surface area contributed by atoms with E-state index in [1.807, 2.05) is 6.92 Å². The van der Waals surface area contributed by atoms with E-state index in [0.29, 0.717) is 23.9 Å². The predicted octanol–water partition coefficient (Wildman–Crippen LogP) is 1.07. The highest BCUT2D eigenvalue weighted by atomic mass is 16.5. The Balaban J connectivity index is 2.96. The molecule has 0 aliphatic heterocycles. The monoisotopic (exact) mass is 195 g/mol. The van der Waals surface area contributed by atoms with Crippen LogP contribution in [-0.4, -0.2) is 23.7 Å². The van der Waals surface area contributed by atoms with Gasteiger partial charge in [0, 0.05) is 6.07 Å². The number of methoxy groups -OCH3 is 1. The fourth-order valence-corrected chi connectivity index (χ4v) is 0.938. The molecule has 0 aromatic carbocycles. The fraction of sp³-hybridized carbons (Fsp3) is 0.333. The van der Waals surface area contributed by atoms with Crippen molar-refractivity contribution in [2.45, 2.75) is 6.92 Å². The van der Waals surface area contributed by atoms with Crippen LogP contribution >= 0.6 is 0 Å². The number of hydrogen-bond donors (Lipinski definition) is 1. The normalized spacial score (nSPS) is 9.57. The Labute approximate surface area is 82.6 Å². The molecule has 2 N–H and O–H groups in total. The molecule has 1 aromatic rings. The first-order valence-corrected chi connectivity index (χ1v) is 4.18. The highest BCUT2D eigenvalue weighted by molar-refractivity contribution is 5.55. The number of ether oxygens (including phenoxy) is 2. The van der Waals surface area contributed by atoms with Crippen molar-refractivity contribution >= 4 is 11.7 Å². The minimum absolute atomic E-state index is 0.139. The van der Waals surface area contributed by atoms with Crippen molar-refractivity contribution in [3.63, 3.8) is 0 Å². The summed E-state index contributed by atoms with van der Waals surface area (Å²) < 4.78 is 10.1. The first-order valence-electron chi connectivity index (χ1n) is 4.18. The highest BCUT2D eigenvalue weighted by Crippen LogP contribution is 2.16. The van der Waals surface area contributed by atoms with Crippen LogP contribution in [0.1, 0.15) is 12.6 Å². The first kappa shape index (κ1) is 10.3. The van der Waals surface area contributed by atoms with Crippen LogP contribution in [0.4, 0.5) is 5.95 Å². The maximum absolute atomic E-state index is 5.47. The van der Waals surface area contributed by atoms with Crippen molar-refractivity contribution in [1.29, 1.82) is 0 Å². The van der Waals surface area contributed by atoms with Crippen LogP contribution < -0.4 is 10.5 Å². The summed E-state index contributed by atoms with van der Waals surface area (Å²) in [5, 5.41) is 0.